The predicted molar refractivity (Wildman–Crippen MR) is 115 cm³/mol. The second-order valence-corrected chi connectivity index (χ2v) is 8.73. The molecule has 0 bridgehead atoms. The van der Waals surface area contributed by atoms with Crippen LogP contribution in [0.1, 0.15) is 63.4 Å². The number of nitrogens with zero attached hydrogens (tertiary/aromatic N) is 2. The van der Waals surface area contributed by atoms with Crippen LogP contribution in [0.15, 0.2) is 30.3 Å². The molecule has 6 heteroatoms. The van der Waals surface area contributed by atoms with Crippen LogP contribution in [0, 0.1) is 5.82 Å². The molecule has 0 saturated carbocycles. The number of hydrogen-bond donors (Lipinski definition) is 1. The predicted octanol–water partition coefficient (Wildman–Crippen LogP) is 4.44. The topological polar surface area (TPSA) is 54.5 Å². The molecule has 1 spiro atoms. The van der Waals surface area contributed by atoms with Gasteiger partial charge in [0.05, 0.1) is 18.3 Å². The molecule has 0 radical (unpaired) electrons. The zero-order chi connectivity index (χ0) is 21.5. The molecule has 1 aromatic heterocycles. The third-order valence-corrected chi connectivity index (χ3v) is 6.31. The van der Waals surface area contributed by atoms with Crippen molar-refractivity contribution in [3.63, 3.8) is 0 Å². The normalized spacial score (nSPS) is 23.7. The molecule has 1 aromatic carbocycles. The van der Waals surface area contributed by atoms with Gasteiger partial charge in [-0.25, -0.2) is 4.39 Å². The lowest BCUT2D eigenvalue weighted by Crippen LogP contribution is -2.47. The van der Waals surface area contributed by atoms with Gasteiger partial charge in [-0.05, 0) is 68.0 Å². The number of pyridine rings is 1. The molecule has 2 aliphatic rings. The Balaban J connectivity index is 1.72. The third kappa shape index (κ3) is 3.69. The van der Waals surface area contributed by atoms with Gasteiger partial charge < -0.3 is 9.64 Å². The number of carbonyl (C=O) groups excluding carboxylic acids is 1. The fourth-order valence-corrected chi connectivity index (χ4v) is 4.57. The summed E-state index contributed by atoms with van der Waals surface area (Å²) in [7, 11) is 1.86. The van der Waals surface area contributed by atoms with E-state index in [4.69, 9.17) is 9.72 Å². The summed E-state index contributed by atoms with van der Waals surface area (Å²) in [5.41, 5.74) is 2.61. The lowest BCUT2D eigenvalue weighted by atomic mass is 9.96. The van der Waals surface area contributed by atoms with Gasteiger partial charge >= 0.3 is 0 Å². The van der Waals surface area contributed by atoms with Gasteiger partial charge in [-0.3, -0.25) is 15.1 Å². The van der Waals surface area contributed by atoms with Crippen molar-refractivity contribution in [2.75, 3.05) is 20.2 Å². The Hall–Kier alpha value is -2.47. The summed E-state index contributed by atoms with van der Waals surface area (Å²) in [5.74, 6) is 0.738. The van der Waals surface area contributed by atoms with E-state index in [0.717, 1.165) is 42.8 Å². The molecule has 2 fully saturated rings. The minimum atomic E-state index is -0.477. The van der Waals surface area contributed by atoms with Crippen LogP contribution in [0.25, 0.3) is 11.1 Å². The Bertz CT molecular complexity index is 961. The van der Waals surface area contributed by atoms with Crippen LogP contribution in [0.3, 0.4) is 0 Å². The Morgan fingerprint density at radius 2 is 2.10 bits per heavy atom. The van der Waals surface area contributed by atoms with E-state index in [9.17, 15) is 9.18 Å². The number of carbonyl (C=O) groups is 1. The Morgan fingerprint density at radius 1 is 1.30 bits per heavy atom. The Kier molecular flexibility index (Phi) is 5.53. The van der Waals surface area contributed by atoms with Crippen LogP contribution in [0.5, 0.6) is 5.75 Å². The molecule has 1 N–H and O–H groups in total. The summed E-state index contributed by atoms with van der Waals surface area (Å²) in [6.45, 7) is 7.39. The summed E-state index contributed by atoms with van der Waals surface area (Å²) < 4.78 is 20.3. The van der Waals surface area contributed by atoms with E-state index in [0.29, 0.717) is 17.9 Å². The molecule has 3 heterocycles. The minimum absolute atomic E-state index is 0.0176. The van der Waals surface area contributed by atoms with Gasteiger partial charge in [0, 0.05) is 24.8 Å². The van der Waals surface area contributed by atoms with Crippen molar-refractivity contribution in [2.45, 2.75) is 57.5 Å². The quantitative estimate of drug-likeness (QED) is 0.791. The van der Waals surface area contributed by atoms with Crippen LogP contribution < -0.4 is 10.1 Å². The smallest absolute Gasteiger partial charge is 0.242 e. The molecular formula is C24H30FN3O2. The summed E-state index contributed by atoms with van der Waals surface area (Å²) >= 11 is 0. The molecule has 2 atom stereocenters. The van der Waals surface area contributed by atoms with E-state index in [1.54, 1.807) is 17.0 Å². The van der Waals surface area contributed by atoms with Gasteiger partial charge in [-0.15, -0.1) is 0 Å². The highest BCUT2D eigenvalue weighted by Gasteiger charge is 2.50. The monoisotopic (exact) mass is 411 g/mol. The molecule has 30 heavy (non-hydrogen) atoms. The van der Waals surface area contributed by atoms with E-state index >= 15 is 0 Å². The number of rotatable bonds is 5. The fourth-order valence-electron chi connectivity index (χ4n) is 4.57. The first kappa shape index (κ1) is 20.8. The minimum Gasteiger partial charge on any atom is -0.494 e. The zero-order valence-corrected chi connectivity index (χ0v) is 18.2. The van der Waals surface area contributed by atoms with Gasteiger partial charge in [-0.2, -0.15) is 0 Å². The molecule has 0 unspecified atom stereocenters. The van der Waals surface area contributed by atoms with Gasteiger partial charge in [0.25, 0.3) is 0 Å². The van der Waals surface area contributed by atoms with E-state index < -0.39 is 5.54 Å². The number of benzene rings is 1. The molecule has 160 valence electrons. The Morgan fingerprint density at radius 3 is 2.77 bits per heavy atom. The first-order valence-electron chi connectivity index (χ1n) is 10.8. The maximum atomic E-state index is 14.7. The first-order valence-corrected chi connectivity index (χ1v) is 10.8. The highest BCUT2D eigenvalue weighted by molar-refractivity contribution is 5.88. The van der Waals surface area contributed by atoms with Crippen molar-refractivity contribution >= 4 is 5.91 Å². The van der Waals surface area contributed by atoms with E-state index in [1.165, 1.54) is 6.07 Å². The van der Waals surface area contributed by atoms with Crippen molar-refractivity contribution in [2.24, 2.45) is 0 Å². The number of likely N-dealkylation sites (N-methyl/N-ethyl adjacent to an activating group) is 1. The van der Waals surface area contributed by atoms with Crippen LogP contribution in [-0.2, 0) is 4.79 Å². The molecular weight excluding hydrogens is 381 g/mol. The lowest BCUT2D eigenvalue weighted by molar-refractivity contribution is -0.131. The molecule has 1 amide bonds. The second kappa shape index (κ2) is 7.99. The highest BCUT2D eigenvalue weighted by Crippen LogP contribution is 2.40. The van der Waals surface area contributed by atoms with Crippen molar-refractivity contribution in [3.8, 4) is 16.9 Å². The lowest BCUT2D eigenvalue weighted by Gasteiger charge is -2.24. The maximum absolute atomic E-state index is 14.7. The molecule has 2 saturated heterocycles. The summed E-state index contributed by atoms with van der Waals surface area (Å²) in [4.78, 5) is 19.4. The first-order chi connectivity index (χ1) is 14.3. The molecule has 0 aliphatic carbocycles. The SMILES string of the molecule is CCOc1ccc(F)c(-c2cc(C(C)C)nc([C@H]3CC[C@]4(CCN(C)C4=O)N3)c2)c1. The fraction of sp³-hybridized carbons (Fsp3) is 0.500. The number of amides is 1. The number of aromatic nitrogens is 1. The molecule has 2 aliphatic heterocycles. The number of ether oxygens (including phenoxy) is 1. The number of hydrogen-bond acceptors (Lipinski definition) is 4. The highest BCUT2D eigenvalue weighted by atomic mass is 19.1. The van der Waals surface area contributed by atoms with Crippen molar-refractivity contribution in [1.29, 1.82) is 0 Å². The second-order valence-electron chi connectivity index (χ2n) is 8.73. The average Bonchev–Trinajstić information content (AvgIpc) is 3.29. The van der Waals surface area contributed by atoms with E-state index in [-0.39, 0.29) is 23.7 Å². The molecule has 4 rings (SSSR count). The Labute approximate surface area is 177 Å². The zero-order valence-electron chi connectivity index (χ0n) is 18.2. The van der Waals surface area contributed by atoms with Gasteiger partial charge in [0.15, 0.2) is 0 Å². The van der Waals surface area contributed by atoms with Crippen molar-refractivity contribution in [3.05, 3.63) is 47.5 Å². The largest absolute Gasteiger partial charge is 0.494 e. The standard InChI is InChI=1S/C24H30FN3O2/c1-5-30-17-6-7-19(25)18(14-17)16-12-21(15(2)3)26-22(13-16)20-8-9-24(27-20)10-11-28(4)23(24)29/h6-7,12-15,20,27H,5,8-11H2,1-4H3/t20-,24-/m1/s1. The van der Waals surface area contributed by atoms with Crippen LogP contribution in [0.2, 0.25) is 0 Å². The summed E-state index contributed by atoms with van der Waals surface area (Å²) in [5, 5.41) is 3.58. The summed E-state index contributed by atoms with van der Waals surface area (Å²) in [6, 6.07) is 8.75. The average molecular weight is 412 g/mol. The van der Waals surface area contributed by atoms with Crippen LogP contribution in [-0.4, -0.2) is 41.5 Å². The van der Waals surface area contributed by atoms with Gasteiger partial charge in [-0.1, -0.05) is 13.8 Å². The number of nitrogens with one attached hydrogen (secondary N) is 1. The van der Waals surface area contributed by atoms with Gasteiger partial charge in [0.1, 0.15) is 17.1 Å². The van der Waals surface area contributed by atoms with E-state index in [1.807, 2.05) is 26.1 Å². The van der Waals surface area contributed by atoms with Gasteiger partial charge in [0.2, 0.25) is 5.91 Å². The number of halogens is 1. The summed E-state index contributed by atoms with van der Waals surface area (Å²) in [6.07, 6.45) is 2.47. The van der Waals surface area contributed by atoms with Crippen molar-refractivity contribution in [1.82, 2.24) is 15.2 Å². The van der Waals surface area contributed by atoms with Crippen LogP contribution >= 0.6 is 0 Å². The van der Waals surface area contributed by atoms with Crippen LogP contribution in [0.4, 0.5) is 4.39 Å². The molecule has 5 nitrogen and oxygen atoms in total. The molecule has 2 aromatic rings. The number of likely N-dealkylation sites (tertiary alicyclic amines) is 1. The maximum Gasteiger partial charge on any atom is 0.242 e. The van der Waals surface area contributed by atoms with E-state index in [2.05, 4.69) is 19.2 Å². The third-order valence-electron chi connectivity index (χ3n) is 6.31. The van der Waals surface area contributed by atoms with Crippen molar-refractivity contribution < 1.29 is 13.9 Å².